The molecule has 1 N–H and O–H groups in total. The van der Waals surface area contributed by atoms with Gasteiger partial charge >= 0.3 is 0 Å². The van der Waals surface area contributed by atoms with Gasteiger partial charge in [0, 0.05) is 11.1 Å². The van der Waals surface area contributed by atoms with Crippen LogP contribution < -0.4 is 5.32 Å². The Morgan fingerprint density at radius 2 is 2.35 bits per heavy atom. The number of carbonyl (C=O) groups is 2. The van der Waals surface area contributed by atoms with Gasteiger partial charge in [-0.2, -0.15) is 0 Å². The molecule has 0 aliphatic carbocycles. The van der Waals surface area contributed by atoms with E-state index in [0.29, 0.717) is 13.0 Å². The lowest BCUT2D eigenvalue weighted by molar-refractivity contribution is -0.146. The van der Waals surface area contributed by atoms with Crippen LogP contribution in [0.4, 0.5) is 0 Å². The quantitative estimate of drug-likeness (QED) is 0.862. The van der Waals surface area contributed by atoms with Crippen LogP contribution >= 0.6 is 11.3 Å². The first kappa shape index (κ1) is 12.0. The van der Waals surface area contributed by atoms with Crippen LogP contribution in [0.25, 0.3) is 0 Å². The molecule has 2 amide bonds. The average molecular weight is 253 g/mol. The third-order valence-electron chi connectivity index (χ3n) is 2.77. The summed E-state index contributed by atoms with van der Waals surface area (Å²) in [5.74, 6) is -0.107. The summed E-state index contributed by atoms with van der Waals surface area (Å²) in [5.41, 5.74) is 0. The lowest BCUT2D eigenvalue weighted by Gasteiger charge is -2.33. The summed E-state index contributed by atoms with van der Waals surface area (Å²) in [6.45, 7) is 4.41. The zero-order valence-corrected chi connectivity index (χ0v) is 10.7. The van der Waals surface area contributed by atoms with Crippen LogP contribution in [0.3, 0.4) is 0 Å². The molecule has 0 bridgehead atoms. The summed E-state index contributed by atoms with van der Waals surface area (Å²) < 4.78 is 0. The maximum atomic E-state index is 11.8. The topological polar surface area (TPSA) is 62.3 Å². The van der Waals surface area contributed by atoms with E-state index in [1.165, 1.54) is 0 Å². The van der Waals surface area contributed by atoms with Gasteiger partial charge in [0.2, 0.25) is 11.8 Å². The van der Waals surface area contributed by atoms with Crippen molar-refractivity contribution in [3.63, 3.8) is 0 Å². The van der Waals surface area contributed by atoms with Crippen LogP contribution in [-0.4, -0.2) is 34.3 Å². The van der Waals surface area contributed by atoms with E-state index in [1.54, 1.807) is 22.4 Å². The number of thiazole rings is 1. The summed E-state index contributed by atoms with van der Waals surface area (Å²) in [7, 11) is 0. The molecule has 2 heterocycles. The van der Waals surface area contributed by atoms with E-state index in [9.17, 15) is 9.59 Å². The maximum Gasteiger partial charge on any atom is 0.243 e. The second-order valence-electron chi connectivity index (χ2n) is 4.03. The molecule has 0 saturated carbocycles. The van der Waals surface area contributed by atoms with E-state index in [0.717, 1.165) is 9.88 Å². The van der Waals surface area contributed by atoms with Crippen molar-refractivity contribution in [3.8, 4) is 0 Å². The first-order valence-corrected chi connectivity index (χ1v) is 6.42. The van der Waals surface area contributed by atoms with Gasteiger partial charge in [0.15, 0.2) is 0 Å². The Bertz CT molecular complexity index is 444. The SMILES string of the molecule is CCC1C(=O)NCC(=O)N1Cc1ncc(C)s1. The zero-order chi connectivity index (χ0) is 12.4. The minimum atomic E-state index is -0.361. The van der Waals surface area contributed by atoms with Crippen molar-refractivity contribution in [2.45, 2.75) is 32.9 Å². The largest absolute Gasteiger partial charge is 0.345 e. The number of amides is 2. The Balaban J connectivity index is 2.15. The van der Waals surface area contributed by atoms with E-state index in [4.69, 9.17) is 0 Å². The first-order chi connectivity index (χ1) is 8.11. The second-order valence-corrected chi connectivity index (χ2v) is 5.35. The van der Waals surface area contributed by atoms with E-state index in [-0.39, 0.29) is 24.4 Å². The van der Waals surface area contributed by atoms with E-state index in [1.807, 2.05) is 13.8 Å². The molecule has 17 heavy (non-hydrogen) atoms. The fourth-order valence-electron chi connectivity index (χ4n) is 1.92. The normalized spacial score (nSPS) is 20.6. The lowest BCUT2D eigenvalue weighted by atomic mass is 10.1. The highest BCUT2D eigenvalue weighted by Gasteiger charge is 2.33. The highest BCUT2D eigenvalue weighted by Crippen LogP contribution is 2.18. The predicted molar refractivity (Wildman–Crippen MR) is 64.5 cm³/mol. The number of aryl methyl sites for hydroxylation is 1. The monoisotopic (exact) mass is 253 g/mol. The van der Waals surface area contributed by atoms with Gasteiger partial charge < -0.3 is 10.2 Å². The highest BCUT2D eigenvalue weighted by molar-refractivity contribution is 7.11. The van der Waals surface area contributed by atoms with Crippen molar-refractivity contribution in [1.29, 1.82) is 0 Å². The lowest BCUT2D eigenvalue weighted by Crippen LogP contribution is -2.57. The third kappa shape index (κ3) is 2.46. The standard InChI is InChI=1S/C11H15N3O2S/c1-3-8-11(16)13-5-10(15)14(8)6-9-12-4-7(2)17-9/h4,8H,3,5-6H2,1-2H3,(H,13,16). The number of aromatic nitrogens is 1. The molecule has 5 nitrogen and oxygen atoms in total. The van der Waals surface area contributed by atoms with E-state index >= 15 is 0 Å². The summed E-state index contributed by atoms with van der Waals surface area (Å²) in [6.07, 6.45) is 2.41. The van der Waals surface area contributed by atoms with Gasteiger partial charge in [-0.15, -0.1) is 11.3 Å². The molecular formula is C11H15N3O2S. The van der Waals surface area contributed by atoms with Crippen molar-refractivity contribution in [2.75, 3.05) is 6.54 Å². The molecule has 2 rings (SSSR count). The minimum Gasteiger partial charge on any atom is -0.345 e. The third-order valence-corrected chi connectivity index (χ3v) is 3.67. The molecule has 1 aliphatic rings. The number of rotatable bonds is 3. The van der Waals surface area contributed by atoms with Crippen LogP contribution in [0, 0.1) is 6.92 Å². The first-order valence-electron chi connectivity index (χ1n) is 5.60. The molecule has 1 aliphatic heterocycles. The molecule has 1 saturated heterocycles. The van der Waals surface area contributed by atoms with Gasteiger partial charge in [0.25, 0.3) is 0 Å². The highest BCUT2D eigenvalue weighted by atomic mass is 32.1. The number of carbonyl (C=O) groups excluding carboxylic acids is 2. The number of nitrogens with one attached hydrogen (secondary N) is 1. The fourth-order valence-corrected chi connectivity index (χ4v) is 2.71. The van der Waals surface area contributed by atoms with Gasteiger partial charge in [-0.3, -0.25) is 9.59 Å². The predicted octanol–water partition coefficient (Wildman–Crippen LogP) is 0.689. The van der Waals surface area contributed by atoms with Crippen molar-refractivity contribution in [1.82, 2.24) is 15.2 Å². The summed E-state index contributed by atoms with van der Waals surface area (Å²) in [5, 5.41) is 3.49. The van der Waals surface area contributed by atoms with Crippen LogP contribution in [0.15, 0.2) is 6.20 Å². The second kappa shape index (κ2) is 4.83. The molecule has 1 atom stereocenters. The summed E-state index contributed by atoms with van der Waals surface area (Å²) >= 11 is 1.56. The van der Waals surface area contributed by atoms with Crippen LogP contribution in [0.2, 0.25) is 0 Å². The Morgan fingerprint density at radius 1 is 1.59 bits per heavy atom. The molecule has 1 aromatic rings. The molecule has 1 unspecified atom stereocenters. The van der Waals surface area contributed by atoms with E-state index in [2.05, 4.69) is 10.3 Å². The molecule has 0 spiro atoms. The molecule has 1 fully saturated rings. The number of piperazine rings is 1. The minimum absolute atomic E-state index is 0.0377. The molecule has 6 heteroatoms. The van der Waals surface area contributed by atoms with Crippen molar-refractivity contribution < 1.29 is 9.59 Å². The zero-order valence-electron chi connectivity index (χ0n) is 9.90. The molecule has 0 radical (unpaired) electrons. The average Bonchev–Trinajstić information content (AvgIpc) is 2.70. The van der Waals surface area contributed by atoms with Crippen molar-refractivity contribution in [2.24, 2.45) is 0 Å². The summed E-state index contributed by atoms with van der Waals surface area (Å²) in [4.78, 5) is 30.4. The Kier molecular flexibility index (Phi) is 3.42. The number of hydrogen-bond acceptors (Lipinski definition) is 4. The van der Waals surface area contributed by atoms with Crippen LogP contribution in [0.5, 0.6) is 0 Å². The molecule has 1 aromatic heterocycles. The van der Waals surface area contributed by atoms with Crippen LogP contribution in [-0.2, 0) is 16.1 Å². The van der Waals surface area contributed by atoms with Crippen LogP contribution in [0.1, 0.15) is 23.2 Å². The van der Waals surface area contributed by atoms with Gasteiger partial charge in [0.1, 0.15) is 11.0 Å². The molecule has 92 valence electrons. The fraction of sp³-hybridized carbons (Fsp3) is 0.545. The van der Waals surface area contributed by atoms with Gasteiger partial charge in [0.05, 0.1) is 13.1 Å². The van der Waals surface area contributed by atoms with Gasteiger partial charge in [-0.05, 0) is 13.3 Å². The Morgan fingerprint density at radius 3 is 2.94 bits per heavy atom. The van der Waals surface area contributed by atoms with Crippen molar-refractivity contribution >= 4 is 23.2 Å². The molecular weight excluding hydrogens is 238 g/mol. The van der Waals surface area contributed by atoms with Crippen molar-refractivity contribution in [3.05, 3.63) is 16.1 Å². The molecule has 0 aromatic carbocycles. The van der Waals surface area contributed by atoms with Gasteiger partial charge in [-0.25, -0.2) is 4.98 Å². The number of hydrogen-bond donors (Lipinski definition) is 1. The van der Waals surface area contributed by atoms with Gasteiger partial charge in [-0.1, -0.05) is 6.92 Å². The maximum absolute atomic E-state index is 11.8. The number of nitrogens with zero attached hydrogens (tertiary/aromatic N) is 2. The van der Waals surface area contributed by atoms with E-state index < -0.39 is 0 Å². The summed E-state index contributed by atoms with van der Waals surface area (Å²) in [6, 6.07) is -0.361. The Hall–Kier alpha value is -1.43. The smallest absolute Gasteiger partial charge is 0.243 e. The Labute approximate surface area is 104 Å².